The molecule has 0 bridgehead atoms. The number of sulfone groups is 2. The van der Waals surface area contributed by atoms with E-state index >= 15 is 0 Å². The summed E-state index contributed by atoms with van der Waals surface area (Å²) >= 11 is 0. The van der Waals surface area contributed by atoms with Crippen LogP contribution in [0.25, 0.3) is 0 Å². The summed E-state index contributed by atoms with van der Waals surface area (Å²) in [6, 6.07) is 15.5. The number of hydrogen-bond donors (Lipinski definition) is 0. The Morgan fingerprint density at radius 3 is 1.59 bits per heavy atom. The van der Waals surface area contributed by atoms with Gasteiger partial charge in [-0.1, -0.05) is 48.2 Å². The quantitative estimate of drug-likeness (QED) is 0.731. The van der Waals surface area contributed by atoms with Gasteiger partial charge in [-0.15, -0.1) is 0 Å². The lowest BCUT2D eigenvalue weighted by molar-refractivity contribution is 0.565. The van der Waals surface area contributed by atoms with E-state index in [0.717, 1.165) is 0 Å². The van der Waals surface area contributed by atoms with E-state index in [4.69, 9.17) is 0 Å². The highest BCUT2D eigenvalue weighted by Crippen LogP contribution is 2.58. The third kappa shape index (κ3) is 3.30. The Balaban J connectivity index is 2.20. The molecular weight excluding hydrogens is 380 g/mol. The van der Waals surface area contributed by atoms with Crippen molar-refractivity contribution in [2.75, 3.05) is 0 Å². The minimum absolute atomic E-state index is 0.00423. The van der Waals surface area contributed by atoms with Crippen LogP contribution in [0.1, 0.15) is 27.2 Å². The third-order valence-corrected chi connectivity index (χ3v) is 10.3. The molecule has 0 N–H and O–H groups in total. The van der Waals surface area contributed by atoms with E-state index in [2.05, 4.69) is 11.8 Å². The van der Waals surface area contributed by atoms with E-state index in [1.807, 2.05) is 20.8 Å². The Hall–Kier alpha value is -2.10. The Bertz CT molecular complexity index is 1030. The molecule has 2 aromatic carbocycles. The molecule has 27 heavy (non-hydrogen) atoms. The van der Waals surface area contributed by atoms with Crippen molar-refractivity contribution in [2.45, 2.75) is 41.1 Å². The number of rotatable bonds is 4. The molecule has 1 aliphatic carbocycles. The summed E-state index contributed by atoms with van der Waals surface area (Å²) in [5, 5.41) is 0. The molecular formula is C21H22O4S2. The van der Waals surface area contributed by atoms with Crippen molar-refractivity contribution in [3.05, 3.63) is 60.7 Å². The summed E-state index contributed by atoms with van der Waals surface area (Å²) in [5.41, 5.74) is -0.346. The van der Waals surface area contributed by atoms with Gasteiger partial charge in [0.15, 0.2) is 23.8 Å². The maximum Gasteiger partial charge on any atom is 0.200 e. The predicted molar refractivity (Wildman–Crippen MR) is 105 cm³/mol. The molecule has 1 aliphatic rings. The van der Waals surface area contributed by atoms with Gasteiger partial charge in [-0.05, 0) is 51.5 Å². The Morgan fingerprint density at radius 2 is 1.22 bits per heavy atom. The van der Waals surface area contributed by atoms with Crippen molar-refractivity contribution in [3.63, 3.8) is 0 Å². The van der Waals surface area contributed by atoms with Crippen LogP contribution in [-0.2, 0) is 19.7 Å². The van der Waals surface area contributed by atoms with Crippen LogP contribution in [0.5, 0.6) is 0 Å². The molecule has 0 amide bonds. The van der Waals surface area contributed by atoms with Gasteiger partial charge in [-0.25, -0.2) is 16.8 Å². The van der Waals surface area contributed by atoms with Gasteiger partial charge >= 0.3 is 0 Å². The van der Waals surface area contributed by atoms with Crippen molar-refractivity contribution < 1.29 is 16.8 Å². The zero-order chi connectivity index (χ0) is 19.9. The van der Waals surface area contributed by atoms with E-state index in [0.29, 0.717) is 0 Å². The molecule has 0 aliphatic heterocycles. The number of hydrogen-bond acceptors (Lipinski definition) is 4. The van der Waals surface area contributed by atoms with Crippen LogP contribution in [0.15, 0.2) is 70.5 Å². The molecule has 142 valence electrons. The van der Waals surface area contributed by atoms with Crippen LogP contribution in [0.3, 0.4) is 0 Å². The second-order valence-corrected chi connectivity index (χ2v) is 12.4. The molecule has 6 heteroatoms. The zero-order valence-corrected chi connectivity index (χ0v) is 17.1. The van der Waals surface area contributed by atoms with Crippen molar-refractivity contribution in [3.8, 4) is 11.8 Å². The van der Waals surface area contributed by atoms with Crippen LogP contribution in [0.2, 0.25) is 0 Å². The molecule has 0 radical (unpaired) electrons. The highest BCUT2D eigenvalue weighted by Gasteiger charge is 2.72. The summed E-state index contributed by atoms with van der Waals surface area (Å²) in [4.78, 5) is 0.00845. The van der Waals surface area contributed by atoms with Crippen molar-refractivity contribution in [1.82, 2.24) is 0 Å². The molecule has 0 saturated heterocycles. The minimum atomic E-state index is -4.14. The Morgan fingerprint density at radius 1 is 0.815 bits per heavy atom. The first-order chi connectivity index (χ1) is 12.5. The molecule has 1 fully saturated rings. The zero-order valence-electron chi connectivity index (χ0n) is 15.5. The first-order valence-corrected chi connectivity index (χ1v) is 11.6. The number of benzene rings is 2. The fourth-order valence-electron chi connectivity index (χ4n) is 3.03. The van der Waals surface area contributed by atoms with Crippen LogP contribution >= 0.6 is 0 Å². The SMILES string of the molecule is CC(C)(C)C#CC1CC1(S(=O)(=O)c1ccccc1)S(=O)(=O)c1ccccc1. The smallest absolute Gasteiger partial charge is 0.200 e. The lowest BCUT2D eigenvalue weighted by Crippen LogP contribution is -2.35. The molecule has 0 spiro atoms. The summed E-state index contributed by atoms with van der Waals surface area (Å²) in [7, 11) is -8.28. The Labute approximate surface area is 161 Å². The van der Waals surface area contributed by atoms with Crippen LogP contribution in [-0.4, -0.2) is 20.9 Å². The van der Waals surface area contributed by atoms with Gasteiger partial charge < -0.3 is 0 Å². The molecule has 1 unspecified atom stereocenters. The van der Waals surface area contributed by atoms with Gasteiger partial charge in [-0.2, -0.15) is 0 Å². The standard InChI is InChI=1S/C21H22O4S2/c1-20(2,3)15-14-17-16-21(17,26(22,23)18-10-6-4-7-11-18)27(24,25)19-12-8-5-9-13-19/h4-13,17H,16H2,1-3H3. The summed E-state index contributed by atoms with van der Waals surface area (Å²) in [6.45, 7) is 5.71. The normalized spacial score (nSPS) is 19.0. The van der Waals surface area contributed by atoms with Crippen molar-refractivity contribution in [2.24, 2.45) is 11.3 Å². The minimum Gasteiger partial charge on any atom is -0.222 e. The van der Waals surface area contributed by atoms with E-state index in [-0.39, 0.29) is 21.6 Å². The highest BCUT2D eigenvalue weighted by molar-refractivity contribution is 8.11. The predicted octanol–water partition coefficient (Wildman–Crippen LogP) is 3.70. The first-order valence-electron chi connectivity index (χ1n) is 8.64. The van der Waals surface area contributed by atoms with Gasteiger partial charge in [0.2, 0.25) is 0 Å². The largest absolute Gasteiger partial charge is 0.222 e. The maximum absolute atomic E-state index is 13.4. The molecule has 0 heterocycles. The summed E-state index contributed by atoms with van der Waals surface area (Å²) < 4.78 is 51.8. The highest BCUT2D eigenvalue weighted by atomic mass is 32.3. The Kier molecular flexibility index (Phi) is 4.73. The molecule has 1 atom stereocenters. The molecule has 4 nitrogen and oxygen atoms in total. The average Bonchev–Trinajstić information content (AvgIpc) is 3.38. The lowest BCUT2D eigenvalue weighted by atomic mass is 9.98. The van der Waals surface area contributed by atoms with E-state index in [1.165, 1.54) is 24.3 Å². The van der Waals surface area contributed by atoms with E-state index < -0.39 is 29.7 Å². The molecule has 1 saturated carbocycles. The monoisotopic (exact) mass is 402 g/mol. The fourth-order valence-corrected chi connectivity index (χ4v) is 8.23. The second kappa shape index (κ2) is 6.50. The lowest BCUT2D eigenvalue weighted by Gasteiger charge is -2.18. The van der Waals surface area contributed by atoms with Crippen molar-refractivity contribution in [1.29, 1.82) is 0 Å². The molecule has 2 aromatic rings. The van der Waals surface area contributed by atoms with E-state index in [1.54, 1.807) is 36.4 Å². The third-order valence-electron chi connectivity index (χ3n) is 4.50. The topological polar surface area (TPSA) is 68.3 Å². The maximum atomic E-state index is 13.4. The van der Waals surface area contributed by atoms with Gasteiger partial charge in [0.1, 0.15) is 0 Å². The average molecular weight is 403 g/mol. The fraction of sp³-hybridized carbons (Fsp3) is 0.333. The van der Waals surface area contributed by atoms with Gasteiger partial charge in [0, 0.05) is 5.41 Å². The second-order valence-electron chi connectivity index (χ2n) is 7.72. The first kappa shape index (κ1) is 19.7. The van der Waals surface area contributed by atoms with E-state index in [9.17, 15) is 16.8 Å². The van der Waals surface area contributed by atoms with Gasteiger partial charge in [0.05, 0.1) is 15.7 Å². The van der Waals surface area contributed by atoms with Gasteiger partial charge in [-0.3, -0.25) is 0 Å². The molecule has 0 aromatic heterocycles. The summed E-state index contributed by atoms with van der Waals surface area (Å²) in [5.74, 6) is 5.18. The van der Waals surface area contributed by atoms with Crippen LogP contribution in [0, 0.1) is 23.2 Å². The van der Waals surface area contributed by atoms with Crippen LogP contribution < -0.4 is 0 Å². The van der Waals surface area contributed by atoms with Gasteiger partial charge in [0.25, 0.3) is 0 Å². The van der Waals surface area contributed by atoms with Crippen LogP contribution in [0.4, 0.5) is 0 Å². The van der Waals surface area contributed by atoms with Crippen molar-refractivity contribution >= 4 is 19.7 Å². The molecule has 3 rings (SSSR count). The summed E-state index contributed by atoms with van der Waals surface area (Å²) in [6.07, 6.45) is -0.0233.